The highest BCUT2D eigenvalue weighted by molar-refractivity contribution is 5.92. The molecule has 14 heavy (non-hydrogen) atoms. The summed E-state index contributed by atoms with van der Waals surface area (Å²) in [6.45, 7) is 1.06. The van der Waals surface area contributed by atoms with Crippen molar-refractivity contribution >= 4 is 5.78 Å². The van der Waals surface area contributed by atoms with Crippen LogP contribution in [0, 0.1) is 0 Å². The predicted molar refractivity (Wildman–Crippen MR) is 50.6 cm³/mol. The number of likely N-dealkylation sites (tertiary alicyclic amines) is 1. The lowest BCUT2D eigenvalue weighted by molar-refractivity contribution is -0.118. The maximum Gasteiger partial charge on any atom is 0.183 e. The summed E-state index contributed by atoms with van der Waals surface area (Å²) in [5, 5.41) is 9.68. The summed E-state index contributed by atoms with van der Waals surface area (Å²) in [5.74, 6) is -0.0495. The molecule has 1 fully saturated rings. The van der Waals surface area contributed by atoms with Crippen molar-refractivity contribution in [3.63, 3.8) is 0 Å². The Hall–Kier alpha value is -1.13. The zero-order valence-corrected chi connectivity index (χ0v) is 8.06. The van der Waals surface area contributed by atoms with Crippen molar-refractivity contribution in [1.82, 2.24) is 4.90 Å². The molecule has 2 aliphatic heterocycles. The Balaban J connectivity index is 2.37. The summed E-state index contributed by atoms with van der Waals surface area (Å²) < 4.78 is 5.08. The molecule has 2 aliphatic rings. The van der Waals surface area contributed by atoms with E-state index in [0.29, 0.717) is 13.2 Å². The highest BCUT2D eigenvalue weighted by Crippen LogP contribution is 2.26. The van der Waals surface area contributed by atoms with Crippen molar-refractivity contribution in [3.8, 4) is 0 Å². The van der Waals surface area contributed by atoms with Gasteiger partial charge < -0.3 is 14.7 Å². The van der Waals surface area contributed by atoms with Gasteiger partial charge in [0.2, 0.25) is 0 Å². The molecule has 0 aliphatic carbocycles. The van der Waals surface area contributed by atoms with Crippen LogP contribution in [-0.4, -0.2) is 48.7 Å². The number of hydrogen-bond acceptors (Lipinski definition) is 4. The summed E-state index contributed by atoms with van der Waals surface area (Å²) in [4.78, 5) is 13.2. The molecule has 0 radical (unpaired) electrons. The number of carbonyl (C=O) groups is 1. The molecule has 76 valence electrons. The van der Waals surface area contributed by atoms with Crippen molar-refractivity contribution in [3.05, 3.63) is 23.4 Å². The number of rotatable bonds is 0. The van der Waals surface area contributed by atoms with Gasteiger partial charge in [0.05, 0.1) is 12.7 Å². The highest BCUT2D eigenvalue weighted by atomic mass is 16.5. The largest absolute Gasteiger partial charge is 0.386 e. The van der Waals surface area contributed by atoms with Crippen molar-refractivity contribution in [2.24, 2.45) is 0 Å². The van der Waals surface area contributed by atoms with Crippen LogP contribution in [0.25, 0.3) is 0 Å². The van der Waals surface area contributed by atoms with Crippen LogP contribution in [0.3, 0.4) is 0 Å². The van der Waals surface area contributed by atoms with Gasteiger partial charge in [0.1, 0.15) is 6.61 Å². The van der Waals surface area contributed by atoms with Gasteiger partial charge in [-0.05, 0) is 0 Å². The lowest BCUT2D eigenvalue weighted by Crippen LogP contribution is -2.16. The number of aliphatic hydroxyl groups excluding tert-OH is 1. The monoisotopic (exact) mass is 195 g/mol. The molecule has 4 heteroatoms. The highest BCUT2D eigenvalue weighted by Gasteiger charge is 2.28. The summed E-state index contributed by atoms with van der Waals surface area (Å²) in [7, 11) is 1.87. The van der Waals surface area contributed by atoms with Gasteiger partial charge in [-0.1, -0.05) is 6.08 Å². The van der Waals surface area contributed by atoms with Crippen molar-refractivity contribution in [2.45, 2.75) is 6.10 Å². The van der Waals surface area contributed by atoms with E-state index in [9.17, 15) is 9.90 Å². The third-order valence-electron chi connectivity index (χ3n) is 2.48. The van der Waals surface area contributed by atoms with Gasteiger partial charge in [-0.25, -0.2) is 0 Å². The van der Waals surface area contributed by atoms with E-state index in [0.717, 1.165) is 11.3 Å². The fraction of sp³-hybridized carbons (Fsp3) is 0.500. The Labute approximate surface area is 82.5 Å². The zero-order valence-electron chi connectivity index (χ0n) is 8.06. The number of nitrogens with zero attached hydrogens (tertiary/aromatic N) is 1. The minimum Gasteiger partial charge on any atom is -0.386 e. The smallest absolute Gasteiger partial charge is 0.183 e. The van der Waals surface area contributed by atoms with E-state index in [1.165, 1.54) is 0 Å². The molecule has 0 saturated carbocycles. The van der Waals surface area contributed by atoms with Gasteiger partial charge >= 0.3 is 0 Å². The second-order valence-electron chi connectivity index (χ2n) is 3.57. The summed E-state index contributed by atoms with van der Waals surface area (Å²) in [5.41, 5.74) is 1.63. The van der Waals surface area contributed by atoms with E-state index in [4.69, 9.17) is 4.74 Å². The lowest BCUT2D eigenvalue weighted by atomic mass is 10.1. The van der Waals surface area contributed by atoms with Crippen molar-refractivity contribution < 1.29 is 14.6 Å². The van der Waals surface area contributed by atoms with Crippen LogP contribution in [0.5, 0.6) is 0 Å². The van der Waals surface area contributed by atoms with Gasteiger partial charge in [-0.3, -0.25) is 4.79 Å². The first-order valence-corrected chi connectivity index (χ1v) is 4.60. The van der Waals surface area contributed by atoms with Gasteiger partial charge in [-0.15, -0.1) is 0 Å². The van der Waals surface area contributed by atoms with Crippen molar-refractivity contribution in [2.75, 3.05) is 26.8 Å². The molecule has 1 unspecified atom stereocenters. The summed E-state index contributed by atoms with van der Waals surface area (Å²) >= 11 is 0. The molecule has 4 nitrogen and oxygen atoms in total. The molecule has 1 saturated heterocycles. The van der Waals surface area contributed by atoms with E-state index >= 15 is 0 Å². The van der Waals surface area contributed by atoms with Crippen LogP contribution in [0.1, 0.15) is 0 Å². The zero-order chi connectivity index (χ0) is 10.1. The number of aliphatic hydroxyl groups is 1. The van der Waals surface area contributed by atoms with E-state index in [1.807, 2.05) is 18.0 Å². The molecule has 1 N–H and O–H groups in total. The average molecular weight is 195 g/mol. The third-order valence-corrected chi connectivity index (χ3v) is 2.48. The Bertz CT molecular complexity index is 319. The normalized spacial score (nSPS) is 27.7. The van der Waals surface area contributed by atoms with E-state index in [1.54, 1.807) is 6.08 Å². The SMILES string of the molecule is CN1CC(O)C2=CCOCC(=O)C=C21. The average Bonchev–Trinajstić information content (AvgIpc) is 2.33. The Morgan fingerprint density at radius 3 is 3.21 bits per heavy atom. The number of hydrogen-bond donors (Lipinski definition) is 1. The van der Waals surface area contributed by atoms with Gasteiger partial charge in [0, 0.05) is 30.9 Å². The Kier molecular flexibility index (Phi) is 2.39. The first kappa shape index (κ1) is 9.43. The maximum atomic E-state index is 11.3. The molecular weight excluding hydrogens is 182 g/mol. The standard InChI is InChI=1S/C10H13NO3/c1-11-5-10(13)8-2-3-14-6-7(12)4-9(8)11/h2,4,10,13H,3,5-6H2,1H3. The van der Waals surface area contributed by atoms with Gasteiger partial charge in [0.15, 0.2) is 5.78 Å². The molecule has 1 atom stereocenters. The Morgan fingerprint density at radius 2 is 2.43 bits per heavy atom. The number of likely N-dealkylation sites (N-methyl/N-ethyl adjacent to an activating group) is 1. The molecular formula is C10H13NO3. The first-order valence-electron chi connectivity index (χ1n) is 4.60. The topological polar surface area (TPSA) is 49.8 Å². The van der Waals surface area contributed by atoms with Crippen LogP contribution in [0.2, 0.25) is 0 Å². The van der Waals surface area contributed by atoms with Crippen LogP contribution in [-0.2, 0) is 9.53 Å². The molecule has 2 heterocycles. The van der Waals surface area contributed by atoms with Gasteiger partial charge in [-0.2, -0.15) is 0 Å². The number of fused-ring (bicyclic) bond motifs is 1. The minimum absolute atomic E-state index is 0.0495. The second kappa shape index (κ2) is 3.55. The number of carbonyl (C=O) groups excluding carboxylic acids is 1. The maximum absolute atomic E-state index is 11.3. The number of β-amino-alcohol motifs (C(OH)–C–C–N with tert-alkyl or cyclic N) is 1. The second-order valence-corrected chi connectivity index (χ2v) is 3.57. The number of ketones is 1. The van der Waals surface area contributed by atoms with Crippen LogP contribution in [0.15, 0.2) is 23.4 Å². The van der Waals surface area contributed by atoms with E-state index in [2.05, 4.69) is 0 Å². The molecule has 0 spiro atoms. The molecule has 0 aromatic rings. The predicted octanol–water partition coefficient (Wildman–Crippen LogP) is -0.298. The van der Waals surface area contributed by atoms with Crippen LogP contribution < -0.4 is 0 Å². The van der Waals surface area contributed by atoms with Crippen LogP contribution in [0.4, 0.5) is 0 Å². The molecule has 2 rings (SSSR count). The first-order chi connectivity index (χ1) is 6.68. The third kappa shape index (κ3) is 1.58. The van der Waals surface area contributed by atoms with E-state index in [-0.39, 0.29) is 12.4 Å². The molecule has 0 aromatic heterocycles. The minimum atomic E-state index is -0.499. The summed E-state index contributed by atoms with van der Waals surface area (Å²) in [6, 6.07) is 0. The van der Waals surface area contributed by atoms with Crippen LogP contribution >= 0.6 is 0 Å². The Morgan fingerprint density at radius 1 is 1.64 bits per heavy atom. The lowest BCUT2D eigenvalue weighted by Gasteiger charge is -2.13. The molecule has 0 amide bonds. The summed E-state index contributed by atoms with van der Waals surface area (Å²) in [6.07, 6.45) is 2.88. The number of ether oxygens (including phenoxy) is 1. The fourth-order valence-electron chi connectivity index (χ4n) is 1.78. The fourth-order valence-corrected chi connectivity index (χ4v) is 1.78. The van der Waals surface area contributed by atoms with Crippen molar-refractivity contribution in [1.29, 1.82) is 0 Å². The molecule has 0 aromatic carbocycles. The quantitative estimate of drug-likeness (QED) is 0.576. The van der Waals surface area contributed by atoms with Gasteiger partial charge in [0.25, 0.3) is 0 Å². The van der Waals surface area contributed by atoms with E-state index < -0.39 is 6.10 Å². The molecule has 0 bridgehead atoms.